The van der Waals surface area contributed by atoms with Crippen LogP contribution in [-0.2, 0) is 35.0 Å². The Kier molecular flexibility index (Phi) is 4.83. The predicted molar refractivity (Wildman–Crippen MR) is 94.6 cm³/mol. The molecule has 0 radical (unpaired) electrons. The third-order valence-corrected chi connectivity index (χ3v) is 5.27. The Morgan fingerprint density at radius 3 is 2.37 bits per heavy atom. The fourth-order valence-corrected chi connectivity index (χ4v) is 4.03. The van der Waals surface area contributed by atoms with E-state index in [0.29, 0.717) is 13.2 Å². The summed E-state index contributed by atoms with van der Waals surface area (Å²) in [5, 5.41) is 10.4. The maximum absolute atomic E-state index is 10.4. The molecule has 1 aromatic carbocycles. The van der Waals surface area contributed by atoms with E-state index in [-0.39, 0.29) is 6.61 Å². The number of hydrogen-bond donors (Lipinski definition) is 1. The largest absolute Gasteiger partial charge is 0.393 e. The van der Waals surface area contributed by atoms with E-state index < -0.39 is 41.8 Å². The number of aliphatic hydroxyl groups is 1. The van der Waals surface area contributed by atoms with Crippen LogP contribution in [0.5, 0.6) is 0 Å². The molecule has 3 saturated heterocycles. The van der Waals surface area contributed by atoms with Crippen molar-refractivity contribution < 1.29 is 33.5 Å². The van der Waals surface area contributed by atoms with Crippen molar-refractivity contribution in [3.05, 3.63) is 35.9 Å². The first-order valence-electron chi connectivity index (χ1n) is 9.36. The van der Waals surface area contributed by atoms with Crippen molar-refractivity contribution in [3.63, 3.8) is 0 Å². The summed E-state index contributed by atoms with van der Waals surface area (Å²) >= 11 is 0. The van der Waals surface area contributed by atoms with Gasteiger partial charge < -0.3 is 33.5 Å². The second-order valence-electron chi connectivity index (χ2n) is 8.24. The number of ether oxygens (including phenoxy) is 6. The zero-order valence-corrected chi connectivity index (χ0v) is 16.2. The molecule has 7 nitrogen and oxygen atoms in total. The van der Waals surface area contributed by atoms with E-state index in [1.807, 2.05) is 58.0 Å². The molecule has 0 aromatic heterocycles. The van der Waals surface area contributed by atoms with Gasteiger partial charge in [0, 0.05) is 0 Å². The van der Waals surface area contributed by atoms with Crippen LogP contribution in [0, 0.1) is 0 Å². The van der Waals surface area contributed by atoms with Crippen LogP contribution in [-0.4, -0.2) is 60.1 Å². The Labute approximate surface area is 159 Å². The Balaban J connectivity index is 1.61. The molecule has 150 valence electrons. The Morgan fingerprint density at radius 2 is 1.74 bits per heavy atom. The van der Waals surface area contributed by atoms with Crippen LogP contribution < -0.4 is 0 Å². The highest BCUT2D eigenvalue weighted by Gasteiger charge is 2.67. The van der Waals surface area contributed by atoms with Gasteiger partial charge in [0.05, 0.1) is 19.8 Å². The average molecular weight is 380 g/mol. The molecule has 3 heterocycles. The number of rotatable bonds is 5. The highest BCUT2D eigenvalue weighted by Crippen LogP contribution is 2.48. The molecule has 7 heteroatoms. The van der Waals surface area contributed by atoms with E-state index in [4.69, 9.17) is 28.4 Å². The molecule has 0 amide bonds. The van der Waals surface area contributed by atoms with Gasteiger partial charge >= 0.3 is 0 Å². The quantitative estimate of drug-likeness (QED) is 0.837. The Hall–Kier alpha value is -1.06. The van der Waals surface area contributed by atoms with Crippen molar-refractivity contribution in [2.24, 2.45) is 0 Å². The third-order valence-electron chi connectivity index (χ3n) is 5.27. The van der Waals surface area contributed by atoms with Crippen LogP contribution in [0.3, 0.4) is 0 Å². The highest BCUT2D eigenvalue weighted by atomic mass is 16.9. The summed E-state index contributed by atoms with van der Waals surface area (Å²) in [6.07, 6.45) is -2.19. The molecule has 0 aliphatic carbocycles. The lowest BCUT2D eigenvalue weighted by molar-refractivity contribution is -0.262. The number of fused-ring (bicyclic) bond motifs is 1. The molecule has 0 spiro atoms. The molecule has 3 aliphatic heterocycles. The molecule has 0 unspecified atom stereocenters. The van der Waals surface area contributed by atoms with Gasteiger partial charge in [-0.1, -0.05) is 30.3 Å². The van der Waals surface area contributed by atoms with E-state index in [2.05, 4.69) is 0 Å². The van der Waals surface area contributed by atoms with E-state index in [0.717, 1.165) is 5.56 Å². The van der Waals surface area contributed by atoms with E-state index in [1.54, 1.807) is 0 Å². The second kappa shape index (κ2) is 6.77. The lowest BCUT2D eigenvalue weighted by atomic mass is 9.89. The summed E-state index contributed by atoms with van der Waals surface area (Å²) < 4.78 is 36.2. The molecule has 3 fully saturated rings. The lowest BCUT2D eigenvalue weighted by Crippen LogP contribution is -2.58. The summed E-state index contributed by atoms with van der Waals surface area (Å²) in [4.78, 5) is 0. The van der Waals surface area contributed by atoms with Crippen LogP contribution in [0.4, 0.5) is 0 Å². The number of benzene rings is 1. The monoisotopic (exact) mass is 380 g/mol. The molecule has 5 atom stereocenters. The van der Waals surface area contributed by atoms with E-state index in [1.165, 1.54) is 0 Å². The van der Waals surface area contributed by atoms with Gasteiger partial charge in [0.2, 0.25) is 0 Å². The first-order chi connectivity index (χ1) is 12.7. The van der Waals surface area contributed by atoms with Crippen molar-refractivity contribution >= 4 is 0 Å². The smallest absolute Gasteiger partial charge is 0.190 e. The van der Waals surface area contributed by atoms with Crippen molar-refractivity contribution in [1.82, 2.24) is 0 Å². The molecular formula is C20H28O7. The normalized spacial score (nSPS) is 39.6. The predicted octanol–water partition coefficient (Wildman–Crippen LogP) is 1.96. The zero-order chi connectivity index (χ0) is 19.3. The molecule has 1 aromatic rings. The SMILES string of the molecule is CC1(C)OC[C@@H]([C@H]2O[C@@H]3OC(C)(C)O[C@@H]3[C@]2(CO)OCc2ccccc2)O1. The minimum absolute atomic E-state index is 0.286. The van der Waals surface area contributed by atoms with Crippen molar-refractivity contribution in [2.45, 2.75) is 76.1 Å². The summed E-state index contributed by atoms with van der Waals surface area (Å²) in [6, 6.07) is 9.79. The maximum Gasteiger partial charge on any atom is 0.190 e. The lowest BCUT2D eigenvalue weighted by Gasteiger charge is -2.38. The van der Waals surface area contributed by atoms with Crippen molar-refractivity contribution in [1.29, 1.82) is 0 Å². The third kappa shape index (κ3) is 3.53. The van der Waals surface area contributed by atoms with Gasteiger partial charge in [-0.2, -0.15) is 0 Å². The van der Waals surface area contributed by atoms with Gasteiger partial charge in [-0.05, 0) is 33.3 Å². The Bertz CT molecular complexity index is 662. The second-order valence-corrected chi connectivity index (χ2v) is 8.24. The van der Waals surface area contributed by atoms with Crippen molar-refractivity contribution in [2.75, 3.05) is 13.2 Å². The molecule has 27 heavy (non-hydrogen) atoms. The van der Waals surface area contributed by atoms with Crippen LogP contribution in [0.25, 0.3) is 0 Å². The summed E-state index contributed by atoms with van der Waals surface area (Å²) in [5.41, 5.74) is -0.127. The fourth-order valence-electron chi connectivity index (χ4n) is 4.03. The molecule has 4 rings (SSSR count). The first-order valence-corrected chi connectivity index (χ1v) is 9.36. The molecule has 1 N–H and O–H groups in total. The first kappa shape index (κ1) is 19.3. The average Bonchev–Trinajstić information content (AvgIpc) is 3.22. The standard InChI is InChI=1S/C20H28O7/c1-18(2)22-11-14(25-18)15-20(12-21,23-10-13-8-6-5-7-9-13)16-17(24-15)27-19(3,4)26-16/h5-9,14-17,21H,10-12H2,1-4H3/t14-,15+,16-,17+,20+/m0/s1. The molecule has 0 saturated carbocycles. The number of hydrogen-bond acceptors (Lipinski definition) is 7. The minimum Gasteiger partial charge on any atom is -0.393 e. The van der Waals surface area contributed by atoms with Gasteiger partial charge in [-0.15, -0.1) is 0 Å². The topological polar surface area (TPSA) is 75.6 Å². The highest BCUT2D eigenvalue weighted by molar-refractivity contribution is 5.15. The van der Waals surface area contributed by atoms with Crippen LogP contribution in [0.1, 0.15) is 33.3 Å². The van der Waals surface area contributed by atoms with Gasteiger partial charge in [0.1, 0.15) is 18.3 Å². The van der Waals surface area contributed by atoms with Gasteiger partial charge in [0.15, 0.2) is 23.5 Å². The summed E-state index contributed by atoms with van der Waals surface area (Å²) in [7, 11) is 0. The van der Waals surface area contributed by atoms with Crippen LogP contribution >= 0.6 is 0 Å². The maximum atomic E-state index is 10.4. The van der Waals surface area contributed by atoms with E-state index >= 15 is 0 Å². The molecule has 0 bridgehead atoms. The molecule has 3 aliphatic rings. The summed E-state index contributed by atoms with van der Waals surface area (Å²) in [6.45, 7) is 7.71. The van der Waals surface area contributed by atoms with E-state index in [9.17, 15) is 5.11 Å². The molecular weight excluding hydrogens is 352 g/mol. The summed E-state index contributed by atoms with van der Waals surface area (Å²) in [5.74, 6) is -1.53. The van der Waals surface area contributed by atoms with Gasteiger partial charge in [0.25, 0.3) is 0 Å². The minimum atomic E-state index is -1.12. The van der Waals surface area contributed by atoms with Crippen LogP contribution in [0.15, 0.2) is 30.3 Å². The van der Waals surface area contributed by atoms with Crippen LogP contribution in [0.2, 0.25) is 0 Å². The van der Waals surface area contributed by atoms with Gasteiger partial charge in [-0.25, -0.2) is 0 Å². The van der Waals surface area contributed by atoms with Crippen molar-refractivity contribution in [3.8, 4) is 0 Å². The fraction of sp³-hybridized carbons (Fsp3) is 0.700. The number of aliphatic hydroxyl groups excluding tert-OH is 1. The van der Waals surface area contributed by atoms with Gasteiger partial charge in [-0.3, -0.25) is 0 Å². The zero-order valence-electron chi connectivity index (χ0n) is 16.2. The Morgan fingerprint density at radius 1 is 1.00 bits per heavy atom.